The second-order valence-corrected chi connectivity index (χ2v) is 10.0. The molecule has 0 radical (unpaired) electrons. The first-order valence-corrected chi connectivity index (χ1v) is 12.2. The van der Waals surface area contributed by atoms with E-state index in [-0.39, 0.29) is 5.41 Å². The van der Waals surface area contributed by atoms with Gasteiger partial charge in [0.1, 0.15) is 0 Å². The minimum absolute atomic E-state index is 0.0320. The van der Waals surface area contributed by atoms with E-state index in [9.17, 15) is 0 Å². The van der Waals surface area contributed by atoms with Crippen LogP contribution in [0.1, 0.15) is 25.0 Å². The van der Waals surface area contributed by atoms with E-state index in [0.717, 1.165) is 0 Å². The molecule has 0 spiro atoms. The van der Waals surface area contributed by atoms with Gasteiger partial charge >= 0.3 is 0 Å². The highest BCUT2D eigenvalue weighted by Crippen LogP contribution is 2.51. The maximum absolute atomic E-state index is 4.57. The topological polar surface area (TPSA) is 12.9 Å². The van der Waals surface area contributed by atoms with Gasteiger partial charge < -0.3 is 0 Å². The van der Waals surface area contributed by atoms with Gasteiger partial charge in [-0.1, -0.05) is 105 Å². The first-order valence-electron chi connectivity index (χ1n) is 12.2. The molecular weight excluding hydrogens is 422 g/mol. The number of hydrogen-bond donors (Lipinski definition) is 0. The van der Waals surface area contributed by atoms with Crippen molar-refractivity contribution in [1.29, 1.82) is 0 Å². The largest absolute Gasteiger partial charge is 0.264 e. The van der Waals surface area contributed by atoms with Crippen molar-refractivity contribution in [1.82, 2.24) is 4.98 Å². The highest BCUT2D eigenvalue weighted by Gasteiger charge is 2.35. The van der Waals surface area contributed by atoms with Crippen molar-refractivity contribution in [3.63, 3.8) is 0 Å². The summed E-state index contributed by atoms with van der Waals surface area (Å²) in [5, 5.41) is 4.97. The average molecular weight is 448 g/mol. The van der Waals surface area contributed by atoms with Crippen molar-refractivity contribution in [2.24, 2.45) is 0 Å². The Bertz CT molecular complexity index is 1700. The lowest BCUT2D eigenvalue weighted by molar-refractivity contribution is 0.660. The Labute approximate surface area is 205 Å². The fourth-order valence-electron chi connectivity index (χ4n) is 6.11. The van der Waals surface area contributed by atoms with Crippen molar-refractivity contribution < 1.29 is 0 Å². The van der Waals surface area contributed by atoms with Gasteiger partial charge in [-0.15, -0.1) is 0 Å². The smallest absolute Gasteiger partial charge is 0.0353 e. The maximum atomic E-state index is 4.57. The lowest BCUT2D eigenvalue weighted by atomic mass is 9.80. The lowest BCUT2D eigenvalue weighted by Gasteiger charge is -2.23. The molecular formula is C34H25N. The Morgan fingerprint density at radius 1 is 0.514 bits per heavy atom. The minimum Gasteiger partial charge on any atom is -0.264 e. The molecule has 0 saturated carbocycles. The monoisotopic (exact) mass is 447 g/mol. The molecule has 0 aliphatic heterocycles. The summed E-state index contributed by atoms with van der Waals surface area (Å²) < 4.78 is 0. The van der Waals surface area contributed by atoms with E-state index in [1.165, 1.54) is 66.1 Å². The van der Waals surface area contributed by atoms with Gasteiger partial charge in [-0.3, -0.25) is 4.98 Å². The Morgan fingerprint density at radius 2 is 1.14 bits per heavy atom. The van der Waals surface area contributed by atoms with Crippen molar-refractivity contribution in [2.75, 3.05) is 0 Å². The molecule has 0 unspecified atom stereocenters. The second-order valence-electron chi connectivity index (χ2n) is 10.0. The van der Waals surface area contributed by atoms with Gasteiger partial charge in [-0.05, 0) is 72.8 Å². The van der Waals surface area contributed by atoms with Gasteiger partial charge in [-0.2, -0.15) is 0 Å². The number of fused-ring (bicyclic) bond motifs is 5. The number of rotatable bonds is 2. The number of aromatic nitrogens is 1. The van der Waals surface area contributed by atoms with E-state index in [1.54, 1.807) is 0 Å². The Morgan fingerprint density at radius 3 is 1.94 bits per heavy atom. The summed E-state index contributed by atoms with van der Waals surface area (Å²) in [5.74, 6) is 0. The number of pyridine rings is 1. The second kappa shape index (κ2) is 7.38. The van der Waals surface area contributed by atoms with Gasteiger partial charge in [0, 0.05) is 23.2 Å². The van der Waals surface area contributed by atoms with Crippen molar-refractivity contribution >= 4 is 21.5 Å². The van der Waals surface area contributed by atoms with Gasteiger partial charge in [0.2, 0.25) is 0 Å². The first kappa shape index (κ1) is 20.2. The van der Waals surface area contributed by atoms with E-state index in [0.29, 0.717) is 0 Å². The molecule has 1 heteroatoms. The first-order chi connectivity index (χ1) is 17.1. The Kier molecular flexibility index (Phi) is 4.25. The maximum Gasteiger partial charge on any atom is 0.0353 e. The standard InChI is InChI=1S/C34H25N/c1-34(2)30-15-9-8-12-24(30)25-17-16-23(20-31(25)34)33-27-14-7-6-13-26(27)32(22-10-4-3-5-11-22)28-18-19-35-21-29(28)33/h3-21H,1-2H3. The van der Waals surface area contributed by atoms with Crippen LogP contribution in [0.2, 0.25) is 0 Å². The molecule has 1 aromatic heterocycles. The van der Waals surface area contributed by atoms with Crippen LogP contribution < -0.4 is 0 Å². The van der Waals surface area contributed by atoms with Gasteiger partial charge in [0.25, 0.3) is 0 Å². The molecule has 0 N–H and O–H groups in total. The van der Waals surface area contributed by atoms with Crippen molar-refractivity contribution in [3.8, 4) is 33.4 Å². The van der Waals surface area contributed by atoms with E-state index in [2.05, 4.69) is 122 Å². The average Bonchev–Trinajstić information content (AvgIpc) is 3.14. The summed E-state index contributed by atoms with van der Waals surface area (Å²) in [6.45, 7) is 4.69. The van der Waals surface area contributed by atoms with E-state index < -0.39 is 0 Å². The zero-order valence-electron chi connectivity index (χ0n) is 19.9. The molecule has 0 atom stereocenters. The summed E-state index contributed by atoms with van der Waals surface area (Å²) in [4.78, 5) is 4.57. The van der Waals surface area contributed by atoms with Crippen LogP contribution in [-0.2, 0) is 5.41 Å². The summed E-state index contributed by atoms with van der Waals surface area (Å²) in [7, 11) is 0. The molecule has 0 saturated heterocycles. The lowest BCUT2D eigenvalue weighted by Crippen LogP contribution is -2.14. The highest BCUT2D eigenvalue weighted by atomic mass is 14.6. The van der Waals surface area contributed by atoms with Gasteiger partial charge in [0.05, 0.1) is 0 Å². The van der Waals surface area contributed by atoms with E-state index >= 15 is 0 Å². The molecule has 35 heavy (non-hydrogen) atoms. The number of nitrogens with zero attached hydrogens (tertiary/aromatic N) is 1. The van der Waals surface area contributed by atoms with Gasteiger partial charge in [-0.25, -0.2) is 0 Å². The third-order valence-electron chi connectivity index (χ3n) is 7.76. The molecule has 1 aliphatic rings. The molecule has 0 bridgehead atoms. The molecule has 1 heterocycles. The highest BCUT2D eigenvalue weighted by molar-refractivity contribution is 6.21. The molecule has 0 amide bonds. The fourth-order valence-corrected chi connectivity index (χ4v) is 6.11. The zero-order chi connectivity index (χ0) is 23.6. The predicted molar refractivity (Wildman–Crippen MR) is 148 cm³/mol. The van der Waals surface area contributed by atoms with Crippen LogP contribution >= 0.6 is 0 Å². The third-order valence-corrected chi connectivity index (χ3v) is 7.76. The van der Waals surface area contributed by atoms with Crippen LogP contribution in [0.4, 0.5) is 0 Å². The van der Waals surface area contributed by atoms with Crippen molar-refractivity contribution in [3.05, 3.63) is 127 Å². The summed E-state index contributed by atoms with van der Waals surface area (Å²) in [5.41, 5.74) is 10.5. The van der Waals surface area contributed by atoms with Crippen LogP contribution in [-0.4, -0.2) is 4.98 Å². The third kappa shape index (κ3) is 2.85. The Hall–Kier alpha value is -4.23. The van der Waals surface area contributed by atoms with Crippen LogP contribution in [0.3, 0.4) is 0 Å². The van der Waals surface area contributed by atoms with Crippen LogP contribution in [0.5, 0.6) is 0 Å². The molecule has 5 aromatic carbocycles. The molecule has 1 aliphatic carbocycles. The van der Waals surface area contributed by atoms with Crippen LogP contribution in [0, 0.1) is 0 Å². The SMILES string of the molecule is CC1(C)c2ccccc2-c2ccc(-c3c4ccccc4c(-c4ccccc4)c4ccncc34)cc21. The summed E-state index contributed by atoms with van der Waals surface area (Å²) >= 11 is 0. The molecule has 1 nitrogen and oxygen atoms in total. The predicted octanol–water partition coefficient (Wildman–Crippen LogP) is 9.03. The molecule has 7 rings (SSSR count). The summed E-state index contributed by atoms with van der Waals surface area (Å²) in [6.07, 6.45) is 3.95. The number of benzene rings is 5. The number of hydrogen-bond acceptors (Lipinski definition) is 1. The van der Waals surface area contributed by atoms with E-state index in [4.69, 9.17) is 0 Å². The molecule has 6 aromatic rings. The Balaban J connectivity index is 1.57. The van der Waals surface area contributed by atoms with Crippen LogP contribution in [0.25, 0.3) is 54.9 Å². The van der Waals surface area contributed by atoms with Gasteiger partial charge in [0.15, 0.2) is 0 Å². The molecule has 166 valence electrons. The summed E-state index contributed by atoms with van der Waals surface area (Å²) in [6, 6.07) is 37.6. The van der Waals surface area contributed by atoms with E-state index in [1.807, 2.05) is 12.4 Å². The fraction of sp³-hybridized carbons (Fsp3) is 0.0882. The zero-order valence-corrected chi connectivity index (χ0v) is 19.9. The quantitative estimate of drug-likeness (QED) is 0.241. The normalized spacial score (nSPS) is 13.7. The van der Waals surface area contributed by atoms with Crippen LogP contribution in [0.15, 0.2) is 116 Å². The minimum atomic E-state index is -0.0320. The van der Waals surface area contributed by atoms with Crippen molar-refractivity contribution in [2.45, 2.75) is 19.3 Å². The molecule has 0 fully saturated rings.